The molecule has 3 saturated heterocycles. The van der Waals surface area contributed by atoms with Crippen LogP contribution in [-0.4, -0.2) is 54.0 Å². The van der Waals surface area contributed by atoms with Gasteiger partial charge in [0, 0.05) is 51.2 Å². The van der Waals surface area contributed by atoms with Crippen molar-refractivity contribution >= 4 is 5.91 Å². The van der Waals surface area contributed by atoms with E-state index in [2.05, 4.69) is 66.3 Å². The second-order valence-electron chi connectivity index (χ2n) is 9.81. The number of benzene rings is 1. The summed E-state index contributed by atoms with van der Waals surface area (Å²) in [6, 6.07) is 12.4. The molecule has 4 nitrogen and oxygen atoms in total. The number of nitrogens with one attached hydrogen (secondary N) is 1. The third-order valence-electron chi connectivity index (χ3n) is 7.38. The van der Waals surface area contributed by atoms with E-state index in [1.807, 2.05) is 0 Å². The van der Waals surface area contributed by atoms with Gasteiger partial charge in [-0.2, -0.15) is 0 Å². The maximum Gasteiger partial charge on any atom is 0.222 e. The lowest BCUT2D eigenvalue weighted by Crippen LogP contribution is -2.55. The molecule has 0 saturated carbocycles. The van der Waals surface area contributed by atoms with Crippen LogP contribution in [0.2, 0.25) is 0 Å². The van der Waals surface area contributed by atoms with E-state index in [0.717, 1.165) is 26.1 Å². The molecule has 0 aliphatic carbocycles. The molecule has 0 radical (unpaired) electrons. The predicted octanol–water partition coefficient (Wildman–Crippen LogP) is 3.52. The van der Waals surface area contributed by atoms with Crippen molar-refractivity contribution in [2.45, 2.75) is 70.6 Å². The Morgan fingerprint density at radius 3 is 2.29 bits per heavy atom. The Hall–Kier alpha value is -1.39. The molecule has 4 atom stereocenters. The van der Waals surface area contributed by atoms with Gasteiger partial charge >= 0.3 is 0 Å². The van der Waals surface area contributed by atoms with Gasteiger partial charge in [-0.05, 0) is 49.0 Å². The van der Waals surface area contributed by atoms with Gasteiger partial charge in [0.25, 0.3) is 0 Å². The van der Waals surface area contributed by atoms with Gasteiger partial charge in [0.15, 0.2) is 0 Å². The summed E-state index contributed by atoms with van der Waals surface area (Å²) in [6.45, 7) is 7.80. The highest BCUT2D eigenvalue weighted by Crippen LogP contribution is 2.34. The molecule has 3 aliphatic heterocycles. The molecule has 3 fully saturated rings. The lowest BCUT2D eigenvalue weighted by molar-refractivity contribution is -0.137. The predicted molar refractivity (Wildman–Crippen MR) is 114 cm³/mol. The van der Waals surface area contributed by atoms with Crippen molar-refractivity contribution in [2.75, 3.05) is 20.1 Å². The van der Waals surface area contributed by atoms with Crippen molar-refractivity contribution in [2.24, 2.45) is 17.8 Å². The van der Waals surface area contributed by atoms with E-state index in [9.17, 15) is 4.79 Å². The molecule has 4 rings (SSSR count). The Morgan fingerprint density at radius 2 is 1.68 bits per heavy atom. The van der Waals surface area contributed by atoms with Crippen LogP contribution in [-0.2, 0) is 11.3 Å². The van der Waals surface area contributed by atoms with Crippen LogP contribution in [0.15, 0.2) is 30.3 Å². The van der Waals surface area contributed by atoms with Crippen LogP contribution < -0.4 is 5.32 Å². The number of amides is 1. The monoisotopic (exact) mass is 383 g/mol. The molecular weight excluding hydrogens is 346 g/mol. The van der Waals surface area contributed by atoms with Gasteiger partial charge in [0.2, 0.25) is 5.91 Å². The minimum absolute atomic E-state index is 0.359. The quantitative estimate of drug-likeness (QED) is 0.845. The number of nitrogens with zero attached hydrogens (tertiary/aromatic N) is 2. The fourth-order valence-electron chi connectivity index (χ4n) is 6.30. The average Bonchev–Trinajstić information content (AvgIpc) is 3.00. The minimum atomic E-state index is 0.359. The zero-order valence-electron chi connectivity index (χ0n) is 17.8. The van der Waals surface area contributed by atoms with E-state index < -0.39 is 0 Å². The van der Waals surface area contributed by atoms with E-state index in [0.29, 0.717) is 41.8 Å². The number of carbonyl (C=O) groups excluding carboxylic acids is 1. The summed E-state index contributed by atoms with van der Waals surface area (Å²) in [5, 5.41) is 3.69. The van der Waals surface area contributed by atoms with E-state index in [1.165, 1.54) is 31.2 Å². The molecule has 28 heavy (non-hydrogen) atoms. The third kappa shape index (κ3) is 4.44. The summed E-state index contributed by atoms with van der Waals surface area (Å²) >= 11 is 0. The van der Waals surface area contributed by atoms with Crippen LogP contribution in [0.4, 0.5) is 0 Å². The normalized spacial score (nSPS) is 35.7. The van der Waals surface area contributed by atoms with Crippen molar-refractivity contribution in [1.82, 2.24) is 15.1 Å². The summed E-state index contributed by atoms with van der Waals surface area (Å²) in [5.74, 6) is 1.96. The zero-order valence-corrected chi connectivity index (χ0v) is 17.8. The van der Waals surface area contributed by atoms with Gasteiger partial charge in [-0.1, -0.05) is 44.2 Å². The first-order chi connectivity index (χ1) is 13.5. The number of hydrogen-bond acceptors (Lipinski definition) is 3. The first kappa shape index (κ1) is 19.9. The Bertz CT molecular complexity index is 639. The van der Waals surface area contributed by atoms with Crippen molar-refractivity contribution in [3.63, 3.8) is 0 Å². The second-order valence-corrected chi connectivity index (χ2v) is 9.81. The van der Waals surface area contributed by atoms with Gasteiger partial charge in [0.05, 0.1) is 0 Å². The molecule has 3 heterocycles. The number of piperidine rings is 2. The third-order valence-corrected chi connectivity index (χ3v) is 7.38. The smallest absolute Gasteiger partial charge is 0.222 e. The van der Waals surface area contributed by atoms with Gasteiger partial charge < -0.3 is 10.2 Å². The van der Waals surface area contributed by atoms with Crippen LogP contribution in [0.5, 0.6) is 0 Å². The van der Waals surface area contributed by atoms with Crippen LogP contribution in [0, 0.1) is 17.8 Å². The van der Waals surface area contributed by atoms with Crippen molar-refractivity contribution in [1.29, 1.82) is 0 Å². The molecule has 3 aliphatic rings. The Labute approximate surface area is 170 Å². The molecule has 1 aromatic carbocycles. The first-order valence-electron chi connectivity index (χ1n) is 11.3. The fraction of sp³-hybridized carbons (Fsp3) is 0.708. The maximum atomic E-state index is 13.1. The highest BCUT2D eigenvalue weighted by atomic mass is 16.2. The highest BCUT2D eigenvalue weighted by molar-refractivity contribution is 5.76. The molecule has 4 heteroatoms. The van der Waals surface area contributed by atoms with E-state index in [1.54, 1.807) is 0 Å². The maximum absolute atomic E-state index is 13.1. The van der Waals surface area contributed by atoms with Crippen LogP contribution >= 0.6 is 0 Å². The average molecular weight is 384 g/mol. The fourth-order valence-corrected chi connectivity index (χ4v) is 6.30. The molecule has 4 unspecified atom stereocenters. The standard InChI is InChI=1S/C24H37N3O/c1-17-14-27(16-19-7-5-4-6-8-19)15-18(2)24(17)26(3)23(28)13-20-11-21-9-10-22(12-20)25-21/h4-8,17-18,20-22,24-25H,9-16H2,1-3H3. The number of likely N-dealkylation sites (tertiary alicyclic amines) is 1. The van der Waals surface area contributed by atoms with E-state index >= 15 is 0 Å². The lowest BCUT2D eigenvalue weighted by atomic mass is 9.83. The van der Waals surface area contributed by atoms with Crippen molar-refractivity contribution in [3.05, 3.63) is 35.9 Å². The number of fused-ring (bicyclic) bond motifs is 2. The topological polar surface area (TPSA) is 35.6 Å². The summed E-state index contributed by atoms with van der Waals surface area (Å²) in [6.07, 6.45) is 5.74. The van der Waals surface area contributed by atoms with Gasteiger partial charge in [0.1, 0.15) is 0 Å². The summed E-state index contributed by atoms with van der Waals surface area (Å²) in [7, 11) is 2.06. The largest absolute Gasteiger partial charge is 0.342 e. The Kier molecular flexibility index (Phi) is 6.07. The molecule has 1 aromatic rings. The molecule has 1 N–H and O–H groups in total. The highest BCUT2D eigenvalue weighted by Gasteiger charge is 2.38. The molecular formula is C24H37N3O. The lowest BCUT2D eigenvalue weighted by Gasteiger charge is -2.46. The number of hydrogen-bond donors (Lipinski definition) is 1. The Balaban J connectivity index is 1.32. The minimum Gasteiger partial charge on any atom is -0.342 e. The van der Waals surface area contributed by atoms with Crippen LogP contribution in [0.1, 0.15) is 51.5 Å². The number of rotatable bonds is 5. The van der Waals surface area contributed by atoms with Crippen molar-refractivity contribution in [3.8, 4) is 0 Å². The summed E-state index contributed by atoms with van der Waals surface area (Å²) < 4.78 is 0. The van der Waals surface area contributed by atoms with Crippen LogP contribution in [0.3, 0.4) is 0 Å². The van der Waals surface area contributed by atoms with Gasteiger partial charge in [-0.3, -0.25) is 9.69 Å². The molecule has 1 amide bonds. The van der Waals surface area contributed by atoms with E-state index in [-0.39, 0.29) is 0 Å². The van der Waals surface area contributed by atoms with Gasteiger partial charge in [-0.15, -0.1) is 0 Å². The second kappa shape index (κ2) is 8.54. The Morgan fingerprint density at radius 1 is 1.07 bits per heavy atom. The summed E-state index contributed by atoms with van der Waals surface area (Å²) in [4.78, 5) is 17.8. The van der Waals surface area contributed by atoms with E-state index in [4.69, 9.17) is 0 Å². The van der Waals surface area contributed by atoms with Crippen molar-refractivity contribution < 1.29 is 4.79 Å². The zero-order chi connectivity index (χ0) is 19.7. The summed E-state index contributed by atoms with van der Waals surface area (Å²) in [5.41, 5.74) is 1.38. The first-order valence-corrected chi connectivity index (χ1v) is 11.3. The molecule has 154 valence electrons. The molecule has 2 bridgehead atoms. The SMILES string of the molecule is CC1CN(Cc2ccccc2)CC(C)C1N(C)C(=O)CC1CC2CCC(C1)N2. The molecule has 0 aromatic heterocycles. The number of carbonyl (C=O) groups is 1. The van der Waals surface area contributed by atoms with Gasteiger partial charge in [-0.25, -0.2) is 0 Å². The van der Waals surface area contributed by atoms with Crippen LogP contribution in [0.25, 0.3) is 0 Å². The molecule has 0 spiro atoms.